The van der Waals surface area contributed by atoms with Crippen LogP contribution in [0.15, 0.2) is 11.6 Å². The topological polar surface area (TPSA) is 54.4 Å². The zero-order chi connectivity index (χ0) is 13.4. The van der Waals surface area contributed by atoms with Gasteiger partial charge in [-0.15, -0.1) is 0 Å². The van der Waals surface area contributed by atoms with Crippen molar-refractivity contribution in [3.63, 3.8) is 0 Å². The minimum atomic E-state index is -1.31. The quantitative estimate of drug-likeness (QED) is 0.522. The average molecular weight is 240 g/mol. The summed E-state index contributed by atoms with van der Waals surface area (Å²) < 4.78 is 0. The van der Waals surface area contributed by atoms with Crippen LogP contribution < -0.4 is 0 Å². The Labute approximate surface area is 104 Å². The summed E-state index contributed by atoms with van der Waals surface area (Å²) in [6.07, 6.45) is 5.95. The van der Waals surface area contributed by atoms with Gasteiger partial charge in [-0.25, -0.2) is 4.79 Å². The highest BCUT2D eigenvalue weighted by molar-refractivity contribution is 6.33. The van der Waals surface area contributed by atoms with E-state index in [1.165, 1.54) is 5.57 Å². The van der Waals surface area contributed by atoms with E-state index in [2.05, 4.69) is 26.8 Å². The Bertz CT molecular complexity index is 288. The molecule has 0 heterocycles. The second kappa shape index (κ2) is 8.04. The van der Waals surface area contributed by atoms with Crippen molar-refractivity contribution < 1.29 is 14.7 Å². The van der Waals surface area contributed by atoms with Gasteiger partial charge in [-0.2, -0.15) is 0 Å². The van der Waals surface area contributed by atoms with Crippen LogP contribution in [0.2, 0.25) is 0 Å². The predicted molar refractivity (Wildman–Crippen MR) is 68.9 cm³/mol. The number of ketones is 1. The van der Waals surface area contributed by atoms with Gasteiger partial charge in [0.2, 0.25) is 5.78 Å². The fraction of sp³-hybridized carbons (Fsp3) is 0.714. The third kappa shape index (κ3) is 7.72. The van der Waals surface area contributed by atoms with Crippen LogP contribution in [0.4, 0.5) is 0 Å². The second-order valence-electron chi connectivity index (χ2n) is 5.11. The van der Waals surface area contributed by atoms with Gasteiger partial charge >= 0.3 is 5.97 Å². The standard InChI is InChI=1S/C14H24O3/c1-10(2)6-5-7-11(3)8-9-12(4)13(15)14(16)17/h6,11-12H,5,7-9H2,1-4H3,(H,16,17). The Balaban J connectivity index is 3.84. The van der Waals surface area contributed by atoms with E-state index in [0.717, 1.165) is 19.3 Å². The normalized spacial score (nSPS) is 13.9. The van der Waals surface area contributed by atoms with E-state index in [0.29, 0.717) is 12.3 Å². The first-order valence-electron chi connectivity index (χ1n) is 6.25. The number of carboxylic acids is 1. The van der Waals surface area contributed by atoms with E-state index >= 15 is 0 Å². The molecule has 0 aliphatic rings. The third-order valence-corrected chi connectivity index (χ3v) is 2.96. The van der Waals surface area contributed by atoms with E-state index in [4.69, 9.17) is 5.11 Å². The van der Waals surface area contributed by atoms with Gasteiger partial charge in [0.15, 0.2) is 0 Å². The number of allylic oxidation sites excluding steroid dienone is 2. The molecule has 0 radical (unpaired) electrons. The first kappa shape index (κ1) is 15.9. The van der Waals surface area contributed by atoms with Gasteiger partial charge in [0.1, 0.15) is 0 Å². The lowest BCUT2D eigenvalue weighted by Crippen LogP contribution is -2.21. The summed E-state index contributed by atoms with van der Waals surface area (Å²) in [5.41, 5.74) is 1.33. The van der Waals surface area contributed by atoms with Crippen LogP contribution in [-0.2, 0) is 9.59 Å². The highest BCUT2D eigenvalue weighted by atomic mass is 16.4. The van der Waals surface area contributed by atoms with Crippen LogP contribution in [0, 0.1) is 11.8 Å². The van der Waals surface area contributed by atoms with Crippen molar-refractivity contribution in [2.75, 3.05) is 0 Å². The number of carbonyl (C=O) groups is 2. The Morgan fingerprint density at radius 3 is 2.18 bits per heavy atom. The van der Waals surface area contributed by atoms with Gasteiger partial charge in [0.25, 0.3) is 0 Å². The minimum absolute atomic E-state index is 0.363. The Morgan fingerprint density at radius 2 is 1.71 bits per heavy atom. The minimum Gasteiger partial charge on any atom is -0.475 e. The molecule has 0 rings (SSSR count). The lowest BCUT2D eigenvalue weighted by atomic mass is 9.92. The number of Topliss-reactive ketones (excluding diaryl/α,β-unsaturated/α-hetero) is 1. The molecule has 2 unspecified atom stereocenters. The molecule has 3 nitrogen and oxygen atoms in total. The zero-order valence-electron chi connectivity index (χ0n) is 11.3. The number of rotatable bonds is 8. The predicted octanol–water partition coefficient (Wildman–Crippen LogP) is 3.44. The van der Waals surface area contributed by atoms with Crippen molar-refractivity contribution in [1.29, 1.82) is 0 Å². The molecule has 0 amide bonds. The Hall–Kier alpha value is -1.12. The van der Waals surface area contributed by atoms with Crippen LogP contribution in [-0.4, -0.2) is 16.9 Å². The van der Waals surface area contributed by atoms with E-state index in [9.17, 15) is 9.59 Å². The van der Waals surface area contributed by atoms with Crippen LogP contribution in [0.1, 0.15) is 53.4 Å². The van der Waals surface area contributed by atoms with Crippen LogP contribution in [0.5, 0.6) is 0 Å². The summed E-state index contributed by atoms with van der Waals surface area (Å²) >= 11 is 0. The number of hydrogen-bond donors (Lipinski definition) is 1. The maximum absolute atomic E-state index is 11.1. The van der Waals surface area contributed by atoms with E-state index in [-0.39, 0.29) is 5.92 Å². The van der Waals surface area contributed by atoms with Gasteiger partial charge in [-0.3, -0.25) is 4.79 Å². The van der Waals surface area contributed by atoms with Crippen molar-refractivity contribution in [2.45, 2.75) is 53.4 Å². The highest BCUT2D eigenvalue weighted by Gasteiger charge is 2.20. The summed E-state index contributed by atoms with van der Waals surface area (Å²) in [7, 11) is 0. The summed E-state index contributed by atoms with van der Waals surface area (Å²) in [4.78, 5) is 21.6. The number of hydrogen-bond acceptors (Lipinski definition) is 2. The summed E-state index contributed by atoms with van der Waals surface area (Å²) in [5, 5.41) is 8.56. The molecule has 0 spiro atoms. The molecule has 0 saturated heterocycles. The fourth-order valence-corrected chi connectivity index (χ4v) is 1.68. The maximum atomic E-state index is 11.1. The molecule has 0 aromatic heterocycles. The van der Waals surface area contributed by atoms with Crippen LogP contribution >= 0.6 is 0 Å². The first-order valence-corrected chi connectivity index (χ1v) is 6.25. The lowest BCUT2D eigenvalue weighted by molar-refractivity contribution is -0.150. The molecule has 0 bridgehead atoms. The molecule has 0 fully saturated rings. The largest absolute Gasteiger partial charge is 0.475 e. The number of aliphatic carboxylic acids is 1. The van der Waals surface area contributed by atoms with Crippen molar-refractivity contribution in [3.05, 3.63) is 11.6 Å². The monoisotopic (exact) mass is 240 g/mol. The van der Waals surface area contributed by atoms with Gasteiger partial charge in [0.05, 0.1) is 0 Å². The van der Waals surface area contributed by atoms with Gasteiger partial charge < -0.3 is 5.11 Å². The Kier molecular flexibility index (Phi) is 7.51. The molecule has 2 atom stereocenters. The molecule has 0 aliphatic carbocycles. The molecule has 98 valence electrons. The average Bonchev–Trinajstić information content (AvgIpc) is 2.24. The van der Waals surface area contributed by atoms with E-state index < -0.39 is 11.8 Å². The zero-order valence-corrected chi connectivity index (χ0v) is 11.3. The van der Waals surface area contributed by atoms with Gasteiger partial charge in [0, 0.05) is 5.92 Å². The summed E-state index contributed by atoms with van der Waals surface area (Å²) in [6, 6.07) is 0. The summed E-state index contributed by atoms with van der Waals surface area (Å²) in [6.45, 7) is 8.01. The smallest absolute Gasteiger partial charge is 0.372 e. The van der Waals surface area contributed by atoms with Crippen molar-refractivity contribution >= 4 is 11.8 Å². The maximum Gasteiger partial charge on any atom is 0.372 e. The molecular formula is C14H24O3. The molecule has 0 aliphatic heterocycles. The third-order valence-electron chi connectivity index (χ3n) is 2.96. The molecule has 0 saturated carbocycles. The fourth-order valence-electron chi connectivity index (χ4n) is 1.68. The SMILES string of the molecule is CC(C)=CCCC(C)CCC(C)C(=O)C(=O)O. The van der Waals surface area contributed by atoms with E-state index in [1.54, 1.807) is 6.92 Å². The number of carboxylic acid groups (broad SMARTS) is 1. The van der Waals surface area contributed by atoms with Gasteiger partial charge in [-0.05, 0) is 39.0 Å². The van der Waals surface area contributed by atoms with Crippen LogP contribution in [0.25, 0.3) is 0 Å². The molecular weight excluding hydrogens is 216 g/mol. The molecule has 1 N–H and O–H groups in total. The molecule has 0 aromatic carbocycles. The first-order chi connectivity index (χ1) is 7.84. The van der Waals surface area contributed by atoms with Crippen molar-refractivity contribution in [3.8, 4) is 0 Å². The number of carbonyl (C=O) groups excluding carboxylic acids is 1. The van der Waals surface area contributed by atoms with Crippen LogP contribution in [0.3, 0.4) is 0 Å². The van der Waals surface area contributed by atoms with E-state index in [1.807, 2.05) is 0 Å². The molecule has 3 heteroatoms. The molecule has 17 heavy (non-hydrogen) atoms. The van der Waals surface area contributed by atoms with Gasteiger partial charge in [-0.1, -0.05) is 31.9 Å². The van der Waals surface area contributed by atoms with Crippen molar-refractivity contribution in [2.24, 2.45) is 11.8 Å². The van der Waals surface area contributed by atoms with Crippen molar-refractivity contribution in [1.82, 2.24) is 0 Å². The highest BCUT2D eigenvalue weighted by Crippen LogP contribution is 2.18. The second-order valence-corrected chi connectivity index (χ2v) is 5.11. The molecule has 0 aromatic rings. The summed E-state index contributed by atoms with van der Waals surface area (Å²) in [5.74, 6) is -1.80. The Morgan fingerprint density at radius 1 is 1.12 bits per heavy atom. The lowest BCUT2D eigenvalue weighted by Gasteiger charge is -2.12.